The molecule has 0 fully saturated rings. The maximum Gasteiger partial charge on any atom is 0.254 e. The van der Waals surface area contributed by atoms with Gasteiger partial charge in [0.15, 0.2) is 0 Å². The number of carbonyl (C=O) groups excluding carboxylic acids is 2. The van der Waals surface area contributed by atoms with Crippen molar-refractivity contribution >= 4 is 23.2 Å². The molecule has 0 spiro atoms. The van der Waals surface area contributed by atoms with Gasteiger partial charge in [-0.05, 0) is 60.7 Å². The number of hydrogen-bond donors (Lipinski definition) is 1. The van der Waals surface area contributed by atoms with Crippen LogP contribution in [-0.4, -0.2) is 36.9 Å². The Balaban J connectivity index is 2.42. The Kier molecular flexibility index (Phi) is 8.81. The minimum absolute atomic E-state index is 0.0354. The molecule has 2 aromatic carbocycles. The monoisotopic (exact) mass is 441 g/mol. The number of nitrogens with zero attached hydrogens (tertiary/aromatic N) is 2. The van der Waals surface area contributed by atoms with E-state index in [1.807, 2.05) is 58.0 Å². The van der Waals surface area contributed by atoms with E-state index in [1.54, 1.807) is 17.0 Å². The van der Waals surface area contributed by atoms with Crippen molar-refractivity contribution in [3.63, 3.8) is 0 Å². The smallest absolute Gasteiger partial charge is 0.254 e. The molecule has 0 aliphatic rings. The Labute approximate surface area is 191 Å². The highest BCUT2D eigenvalue weighted by atomic mass is 19.1. The van der Waals surface area contributed by atoms with E-state index < -0.39 is 5.82 Å². The highest BCUT2D eigenvalue weighted by Gasteiger charge is 2.25. The number of hydrogen-bond acceptors (Lipinski definition) is 3. The van der Waals surface area contributed by atoms with Crippen molar-refractivity contribution < 1.29 is 14.0 Å². The SMILES string of the molecule is CC(C)CC(=O)Nc1ccc(N(C)C)c(CN(C(=O)c2cccc(F)c2)[C@@H](C)C(C)C)c1. The van der Waals surface area contributed by atoms with Crippen LogP contribution < -0.4 is 10.2 Å². The standard InChI is InChI=1S/C26H36FN3O2/c1-17(2)13-25(31)28-23-11-12-24(29(6)7)21(15-23)16-30(19(5)18(3)4)26(32)20-9-8-10-22(27)14-20/h8-12,14-15,17-19H,13,16H2,1-7H3,(H,28,31)/t19-/m0/s1. The van der Waals surface area contributed by atoms with E-state index in [1.165, 1.54) is 12.1 Å². The van der Waals surface area contributed by atoms with Gasteiger partial charge in [-0.3, -0.25) is 9.59 Å². The van der Waals surface area contributed by atoms with Crippen LogP contribution in [0, 0.1) is 17.7 Å². The Morgan fingerprint density at radius 1 is 1.00 bits per heavy atom. The third kappa shape index (κ3) is 6.81. The van der Waals surface area contributed by atoms with Gasteiger partial charge in [-0.2, -0.15) is 0 Å². The van der Waals surface area contributed by atoms with Gasteiger partial charge in [0, 0.05) is 50.0 Å². The lowest BCUT2D eigenvalue weighted by molar-refractivity contribution is -0.116. The average molecular weight is 442 g/mol. The van der Waals surface area contributed by atoms with Gasteiger partial charge >= 0.3 is 0 Å². The van der Waals surface area contributed by atoms with Crippen molar-refractivity contribution in [2.24, 2.45) is 11.8 Å². The zero-order chi connectivity index (χ0) is 24.0. The molecule has 0 unspecified atom stereocenters. The summed E-state index contributed by atoms with van der Waals surface area (Å²) in [6.07, 6.45) is 0.444. The fraction of sp³-hybridized carbons (Fsp3) is 0.462. The zero-order valence-electron chi connectivity index (χ0n) is 20.3. The van der Waals surface area contributed by atoms with Gasteiger partial charge in [0.05, 0.1) is 0 Å². The van der Waals surface area contributed by atoms with Crippen molar-refractivity contribution in [1.82, 2.24) is 4.90 Å². The average Bonchev–Trinajstić information content (AvgIpc) is 2.70. The fourth-order valence-electron chi connectivity index (χ4n) is 3.54. The van der Waals surface area contributed by atoms with Crippen LogP contribution in [0.3, 0.4) is 0 Å². The van der Waals surface area contributed by atoms with Crippen molar-refractivity contribution in [2.75, 3.05) is 24.3 Å². The van der Waals surface area contributed by atoms with E-state index in [0.717, 1.165) is 11.3 Å². The number of carbonyl (C=O) groups is 2. The molecule has 0 aliphatic carbocycles. The normalized spacial score (nSPS) is 12.1. The minimum atomic E-state index is -0.433. The molecular formula is C26H36FN3O2. The van der Waals surface area contributed by atoms with Gasteiger partial charge in [-0.15, -0.1) is 0 Å². The zero-order valence-corrected chi connectivity index (χ0v) is 20.3. The second kappa shape index (κ2) is 11.1. The molecule has 0 heterocycles. The Bertz CT molecular complexity index is 940. The third-order valence-electron chi connectivity index (χ3n) is 5.57. The molecule has 2 rings (SSSR count). The summed E-state index contributed by atoms with van der Waals surface area (Å²) in [6, 6.07) is 11.5. The van der Waals surface area contributed by atoms with Gasteiger partial charge in [0.25, 0.3) is 5.91 Å². The van der Waals surface area contributed by atoms with Crippen molar-refractivity contribution in [2.45, 2.75) is 53.6 Å². The van der Waals surface area contributed by atoms with Crippen LogP contribution in [0.1, 0.15) is 57.0 Å². The number of halogens is 1. The summed E-state index contributed by atoms with van der Waals surface area (Å²) in [6.45, 7) is 10.5. The van der Waals surface area contributed by atoms with Crippen LogP contribution in [0.4, 0.5) is 15.8 Å². The summed E-state index contributed by atoms with van der Waals surface area (Å²) in [5, 5.41) is 2.96. The largest absolute Gasteiger partial charge is 0.377 e. The highest BCUT2D eigenvalue weighted by molar-refractivity contribution is 5.94. The van der Waals surface area contributed by atoms with Crippen molar-refractivity contribution in [3.8, 4) is 0 Å². The van der Waals surface area contributed by atoms with E-state index in [9.17, 15) is 14.0 Å². The molecule has 6 heteroatoms. The summed E-state index contributed by atoms with van der Waals surface area (Å²) in [5.74, 6) is -0.209. The Morgan fingerprint density at radius 3 is 2.25 bits per heavy atom. The molecule has 0 bridgehead atoms. The lowest BCUT2D eigenvalue weighted by Gasteiger charge is -2.33. The molecule has 32 heavy (non-hydrogen) atoms. The molecule has 1 N–H and O–H groups in total. The van der Waals surface area contributed by atoms with E-state index in [0.29, 0.717) is 24.2 Å². The Morgan fingerprint density at radius 2 is 1.69 bits per heavy atom. The first kappa shape index (κ1) is 25.4. The Hall–Kier alpha value is -2.89. The number of amides is 2. The van der Waals surface area contributed by atoms with Gasteiger partial charge in [0.1, 0.15) is 5.82 Å². The molecule has 2 amide bonds. The maximum absolute atomic E-state index is 13.8. The molecule has 174 valence electrons. The van der Waals surface area contributed by atoms with E-state index >= 15 is 0 Å². The summed E-state index contributed by atoms with van der Waals surface area (Å²) in [7, 11) is 3.89. The molecule has 0 saturated carbocycles. The van der Waals surface area contributed by atoms with E-state index in [2.05, 4.69) is 19.2 Å². The molecule has 1 atom stereocenters. The first-order valence-corrected chi connectivity index (χ1v) is 11.2. The molecule has 0 radical (unpaired) electrons. The predicted molar refractivity (Wildman–Crippen MR) is 129 cm³/mol. The van der Waals surface area contributed by atoms with E-state index in [4.69, 9.17) is 0 Å². The van der Waals surface area contributed by atoms with Gasteiger partial charge in [-0.25, -0.2) is 4.39 Å². The quantitative estimate of drug-likeness (QED) is 0.554. The first-order valence-electron chi connectivity index (χ1n) is 11.2. The molecule has 0 aliphatic heterocycles. The van der Waals surface area contributed by atoms with Gasteiger partial charge < -0.3 is 15.1 Å². The number of rotatable bonds is 9. The summed E-state index contributed by atoms with van der Waals surface area (Å²) >= 11 is 0. The molecular weight excluding hydrogens is 405 g/mol. The first-order chi connectivity index (χ1) is 15.0. The fourth-order valence-corrected chi connectivity index (χ4v) is 3.54. The lowest BCUT2D eigenvalue weighted by atomic mass is 10.0. The van der Waals surface area contributed by atoms with E-state index in [-0.39, 0.29) is 29.7 Å². The molecule has 0 saturated heterocycles. The van der Waals surface area contributed by atoms with Crippen LogP contribution in [0.2, 0.25) is 0 Å². The van der Waals surface area contributed by atoms with Crippen LogP contribution >= 0.6 is 0 Å². The maximum atomic E-state index is 13.8. The highest BCUT2D eigenvalue weighted by Crippen LogP contribution is 2.27. The van der Waals surface area contributed by atoms with Gasteiger partial charge in [0.2, 0.25) is 5.91 Å². The number of benzene rings is 2. The number of nitrogens with one attached hydrogen (secondary N) is 1. The second-order valence-electron chi connectivity index (χ2n) is 9.31. The van der Waals surface area contributed by atoms with Crippen LogP contribution in [-0.2, 0) is 11.3 Å². The third-order valence-corrected chi connectivity index (χ3v) is 5.57. The summed E-state index contributed by atoms with van der Waals surface area (Å²) in [5.41, 5.74) is 2.89. The predicted octanol–water partition coefficient (Wildman–Crippen LogP) is 5.56. The molecule has 5 nitrogen and oxygen atoms in total. The van der Waals surface area contributed by atoms with Crippen LogP contribution in [0.5, 0.6) is 0 Å². The minimum Gasteiger partial charge on any atom is -0.377 e. The molecule has 2 aromatic rings. The number of anilines is 2. The van der Waals surface area contributed by atoms with Crippen LogP contribution in [0.25, 0.3) is 0 Å². The van der Waals surface area contributed by atoms with Crippen molar-refractivity contribution in [3.05, 3.63) is 59.4 Å². The summed E-state index contributed by atoms with van der Waals surface area (Å²) < 4.78 is 13.8. The second-order valence-corrected chi connectivity index (χ2v) is 9.31. The summed E-state index contributed by atoms with van der Waals surface area (Å²) in [4.78, 5) is 29.4. The van der Waals surface area contributed by atoms with Crippen molar-refractivity contribution in [1.29, 1.82) is 0 Å². The van der Waals surface area contributed by atoms with Gasteiger partial charge in [-0.1, -0.05) is 33.8 Å². The molecule has 0 aromatic heterocycles. The van der Waals surface area contributed by atoms with Crippen LogP contribution in [0.15, 0.2) is 42.5 Å². The lowest BCUT2D eigenvalue weighted by Crippen LogP contribution is -2.41. The topological polar surface area (TPSA) is 52.7 Å².